The Kier molecular flexibility index (Phi) is 5.03. The van der Waals surface area contributed by atoms with E-state index in [0.29, 0.717) is 26.6 Å². The normalized spacial score (nSPS) is 10.2. The molecule has 2 rings (SSSR count). The molecular formula is C14H11BrClFN2O2. The summed E-state index contributed by atoms with van der Waals surface area (Å²) >= 11 is 9.08. The molecule has 0 aliphatic carbocycles. The van der Waals surface area contributed by atoms with Crippen LogP contribution in [-0.2, 0) is 4.79 Å². The number of ether oxygens (including phenoxy) is 1. The highest BCUT2D eigenvalue weighted by molar-refractivity contribution is 9.10. The fraction of sp³-hybridized carbons (Fsp3) is 0.0714. The molecule has 0 heterocycles. The van der Waals surface area contributed by atoms with Crippen LogP contribution in [0.4, 0.5) is 15.8 Å². The van der Waals surface area contributed by atoms with Crippen molar-refractivity contribution in [3.8, 4) is 5.75 Å². The molecule has 0 unspecified atom stereocenters. The van der Waals surface area contributed by atoms with Gasteiger partial charge in [-0.05, 0) is 46.3 Å². The third-order valence-corrected chi connectivity index (χ3v) is 3.30. The standard InChI is InChI=1S/C14H11BrClFN2O2/c15-11-4-8(16)5-12(18)14(11)21-7-13(20)19-10-3-1-2-9(17)6-10/h1-6H,7,18H2,(H,19,20). The highest BCUT2D eigenvalue weighted by Crippen LogP contribution is 2.34. The number of halogens is 3. The minimum absolute atomic E-state index is 0.263. The van der Waals surface area contributed by atoms with Gasteiger partial charge in [-0.1, -0.05) is 17.7 Å². The highest BCUT2D eigenvalue weighted by Gasteiger charge is 2.10. The molecule has 7 heteroatoms. The van der Waals surface area contributed by atoms with Crippen LogP contribution in [0, 0.1) is 5.82 Å². The van der Waals surface area contributed by atoms with Gasteiger partial charge < -0.3 is 15.8 Å². The lowest BCUT2D eigenvalue weighted by atomic mass is 10.3. The van der Waals surface area contributed by atoms with Gasteiger partial charge in [-0.15, -0.1) is 0 Å². The second-order valence-electron chi connectivity index (χ2n) is 4.15. The predicted molar refractivity (Wildman–Crippen MR) is 84.1 cm³/mol. The van der Waals surface area contributed by atoms with Crippen LogP contribution in [0.15, 0.2) is 40.9 Å². The van der Waals surface area contributed by atoms with Crippen LogP contribution in [-0.4, -0.2) is 12.5 Å². The van der Waals surface area contributed by atoms with Crippen molar-refractivity contribution in [1.29, 1.82) is 0 Å². The van der Waals surface area contributed by atoms with Gasteiger partial charge in [-0.25, -0.2) is 4.39 Å². The molecule has 3 N–H and O–H groups in total. The Hall–Kier alpha value is -1.79. The van der Waals surface area contributed by atoms with Gasteiger partial charge in [0.1, 0.15) is 5.82 Å². The number of carbonyl (C=O) groups is 1. The molecule has 1 amide bonds. The summed E-state index contributed by atoms with van der Waals surface area (Å²) < 4.78 is 18.9. The van der Waals surface area contributed by atoms with Gasteiger partial charge >= 0.3 is 0 Å². The van der Waals surface area contributed by atoms with Gasteiger partial charge in [-0.2, -0.15) is 0 Å². The van der Waals surface area contributed by atoms with E-state index in [4.69, 9.17) is 22.1 Å². The predicted octanol–water partition coefficient (Wildman–Crippen LogP) is 3.84. The molecule has 21 heavy (non-hydrogen) atoms. The minimum atomic E-state index is -0.432. The van der Waals surface area contributed by atoms with Crippen molar-refractivity contribution in [3.63, 3.8) is 0 Å². The maximum atomic E-state index is 13.0. The van der Waals surface area contributed by atoms with Gasteiger partial charge in [0.15, 0.2) is 12.4 Å². The maximum Gasteiger partial charge on any atom is 0.262 e. The molecule has 0 fully saturated rings. The van der Waals surface area contributed by atoms with E-state index in [1.54, 1.807) is 12.1 Å². The number of nitrogens with one attached hydrogen (secondary N) is 1. The summed E-state index contributed by atoms with van der Waals surface area (Å²) in [5.74, 6) is -0.533. The second-order valence-corrected chi connectivity index (χ2v) is 5.44. The van der Waals surface area contributed by atoms with Crippen molar-refractivity contribution in [1.82, 2.24) is 0 Å². The van der Waals surface area contributed by atoms with Gasteiger partial charge in [0.05, 0.1) is 10.2 Å². The van der Waals surface area contributed by atoms with Crippen molar-refractivity contribution in [2.75, 3.05) is 17.7 Å². The summed E-state index contributed by atoms with van der Waals surface area (Å²) in [6, 6.07) is 8.71. The summed E-state index contributed by atoms with van der Waals surface area (Å²) in [6.07, 6.45) is 0. The summed E-state index contributed by atoms with van der Waals surface area (Å²) in [5, 5.41) is 2.97. The molecule has 0 saturated carbocycles. The molecule has 0 aliphatic rings. The molecule has 0 aromatic heterocycles. The molecule has 0 aliphatic heterocycles. The van der Waals surface area contributed by atoms with E-state index in [0.717, 1.165) is 0 Å². The molecule has 4 nitrogen and oxygen atoms in total. The number of nitrogens with two attached hydrogens (primary N) is 1. The van der Waals surface area contributed by atoms with Gasteiger partial charge in [0, 0.05) is 10.7 Å². The van der Waals surface area contributed by atoms with Crippen LogP contribution >= 0.6 is 27.5 Å². The summed E-state index contributed by atoms with van der Waals surface area (Å²) in [5.41, 5.74) is 6.43. The molecule has 0 atom stereocenters. The first kappa shape index (κ1) is 15.6. The summed E-state index contributed by atoms with van der Waals surface area (Å²) in [6.45, 7) is -0.263. The smallest absolute Gasteiger partial charge is 0.262 e. The first-order valence-electron chi connectivity index (χ1n) is 5.88. The van der Waals surface area contributed by atoms with Crippen LogP contribution in [0.3, 0.4) is 0 Å². The maximum absolute atomic E-state index is 13.0. The fourth-order valence-electron chi connectivity index (χ4n) is 1.63. The van der Waals surface area contributed by atoms with Crippen LogP contribution in [0.1, 0.15) is 0 Å². The molecule has 0 bridgehead atoms. The molecule has 0 radical (unpaired) electrons. The lowest BCUT2D eigenvalue weighted by Gasteiger charge is -2.11. The Balaban J connectivity index is 1.99. The Labute approximate surface area is 134 Å². The molecule has 2 aromatic carbocycles. The molecule has 2 aromatic rings. The SMILES string of the molecule is Nc1cc(Cl)cc(Br)c1OCC(=O)Nc1cccc(F)c1. The monoisotopic (exact) mass is 372 g/mol. The van der Waals surface area contributed by atoms with Crippen molar-refractivity contribution < 1.29 is 13.9 Å². The largest absolute Gasteiger partial charge is 0.480 e. The first-order valence-corrected chi connectivity index (χ1v) is 7.05. The van der Waals surface area contributed by atoms with Crippen LogP contribution in [0.25, 0.3) is 0 Å². The average molecular weight is 374 g/mol. The Morgan fingerprint density at radius 3 is 2.81 bits per heavy atom. The zero-order valence-corrected chi connectivity index (χ0v) is 13.0. The average Bonchev–Trinajstić information content (AvgIpc) is 2.37. The number of anilines is 2. The third kappa shape index (κ3) is 4.34. The minimum Gasteiger partial charge on any atom is -0.480 e. The quantitative estimate of drug-likeness (QED) is 0.800. The number of benzene rings is 2. The van der Waals surface area contributed by atoms with Gasteiger partial charge in [0.25, 0.3) is 5.91 Å². The first-order chi connectivity index (χ1) is 9.95. The Morgan fingerprint density at radius 2 is 2.14 bits per heavy atom. The second kappa shape index (κ2) is 6.78. The van der Waals surface area contributed by atoms with E-state index >= 15 is 0 Å². The van der Waals surface area contributed by atoms with E-state index in [1.807, 2.05) is 0 Å². The van der Waals surface area contributed by atoms with Gasteiger partial charge in [0.2, 0.25) is 0 Å². The molecule has 0 spiro atoms. The Bertz CT molecular complexity index is 659. The topological polar surface area (TPSA) is 64.3 Å². The fourth-order valence-corrected chi connectivity index (χ4v) is 2.58. The van der Waals surface area contributed by atoms with Crippen LogP contribution < -0.4 is 15.8 Å². The Morgan fingerprint density at radius 1 is 1.38 bits per heavy atom. The molecular weight excluding hydrogens is 363 g/mol. The van der Waals surface area contributed by atoms with Crippen LogP contribution in [0.2, 0.25) is 5.02 Å². The zero-order valence-electron chi connectivity index (χ0n) is 10.7. The van der Waals surface area contributed by atoms with E-state index < -0.39 is 11.7 Å². The van der Waals surface area contributed by atoms with Crippen molar-refractivity contribution in [2.24, 2.45) is 0 Å². The summed E-state index contributed by atoms with van der Waals surface area (Å²) in [7, 11) is 0. The third-order valence-electron chi connectivity index (χ3n) is 2.49. The number of amides is 1. The lowest BCUT2D eigenvalue weighted by molar-refractivity contribution is -0.118. The molecule has 0 saturated heterocycles. The van der Waals surface area contributed by atoms with E-state index in [-0.39, 0.29) is 6.61 Å². The van der Waals surface area contributed by atoms with E-state index in [9.17, 15) is 9.18 Å². The number of hydrogen-bond donors (Lipinski definition) is 2. The number of hydrogen-bond acceptors (Lipinski definition) is 3. The number of rotatable bonds is 4. The van der Waals surface area contributed by atoms with Crippen LogP contribution in [0.5, 0.6) is 5.75 Å². The lowest BCUT2D eigenvalue weighted by Crippen LogP contribution is -2.20. The highest BCUT2D eigenvalue weighted by atomic mass is 79.9. The zero-order chi connectivity index (χ0) is 15.4. The number of nitrogen functional groups attached to an aromatic ring is 1. The molecule has 110 valence electrons. The van der Waals surface area contributed by atoms with Crippen molar-refractivity contribution in [3.05, 3.63) is 51.7 Å². The van der Waals surface area contributed by atoms with E-state index in [2.05, 4.69) is 21.2 Å². The summed E-state index contributed by atoms with van der Waals surface area (Å²) in [4.78, 5) is 11.7. The van der Waals surface area contributed by atoms with E-state index in [1.165, 1.54) is 24.3 Å². The van der Waals surface area contributed by atoms with Gasteiger partial charge in [-0.3, -0.25) is 4.79 Å². The van der Waals surface area contributed by atoms with Crippen molar-refractivity contribution >= 4 is 44.8 Å². The number of carbonyl (C=O) groups excluding carboxylic acids is 1. The van der Waals surface area contributed by atoms with Crippen molar-refractivity contribution in [2.45, 2.75) is 0 Å².